The third-order valence-electron chi connectivity index (χ3n) is 2.51. The number of aryl methyl sites for hydroxylation is 1. The van der Waals surface area contributed by atoms with Gasteiger partial charge in [0.2, 0.25) is 0 Å². The maximum Gasteiger partial charge on any atom is 0.130 e. The first kappa shape index (κ1) is 7.68. The third kappa shape index (κ3) is 0.932. The zero-order valence-corrected chi connectivity index (χ0v) is 7.79. The molecule has 0 bridgehead atoms. The summed E-state index contributed by atoms with van der Waals surface area (Å²) in [6.45, 7) is 3.12. The quantitative estimate of drug-likeness (QED) is 0.581. The molecule has 0 saturated carbocycles. The van der Waals surface area contributed by atoms with Crippen LogP contribution in [0.4, 0.5) is 5.69 Å². The SMILES string of the molecule is Cc1coc2c1N(C)N(C)CC2. The molecule has 0 spiro atoms. The van der Waals surface area contributed by atoms with Crippen molar-refractivity contribution in [2.45, 2.75) is 13.3 Å². The summed E-state index contributed by atoms with van der Waals surface area (Å²) in [6, 6.07) is 0. The first-order chi connectivity index (χ1) is 5.70. The van der Waals surface area contributed by atoms with Crippen molar-refractivity contribution in [2.24, 2.45) is 0 Å². The minimum absolute atomic E-state index is 1.02. The van der Waals surface area contributed by atoms with E-state index in [0.29, 0.717) is 0 Å². The van der Waals surface area contributed by atoms with E-state index in [1.165, 1.54) is 11.3 Å². The average molecular weight is 166 g/mol. The van der Waals surface area contributed by atoms with Gasteiger partial charge in [-0.2, -0.15) is 0 Å². The van der Waals surface area contributed by atoms with Gasteiger partial charge in [-0.15, -0.1) is 0 Å². The van der Waals surface area contributed by atoms with Crippen LogP contribution in [0.1, 0.15) is 11.3 Å². The van der Waals surface area contributed by atoms with Gasteiger partial charge in [0.15, 0.2) is 0 Å². The van der Waals surface area contributed by atoms with Gasteiger partial charge in [0.1, 0.15) is 5.76 Å². The van der Waals surface area contributed by atoms with E-state index < -0.39 is 0 Å². The normalized spacial score (nSPS) is 18.1. The molecule has 2 rings (SSSR count). The van der Waals surface area contributed by atoms with Crippen LogP contribution in [-0.4, -0.2) is 25.6 Å². The van der Waals surface area contributed by atoms with Crippen molar-refractivity contribution in [2.75, 3.05) is 25.6 Å². The van der Waals surface area contributed by atoms with Gasteiger partial charge in [-0.3, -0.25) is 0 Å². The lowest BCUT2D eigenvalue weighted by atomic mass is 10.2. The zero-order chi connectivity index (χ0) is 8.72. The van der Waals surface area contributed by atoms with Crippen molar-refractivity contribution >= 4 is 5.69 Å². The van der Waals surface area contributed by atoms with Gasteiger partial charge in [0.25, 0.3) is 0 Å². The van der Waals surface area contributed by atoms with Crippen LogP contribution in [0, 0.1) is 6.92 Å². The first-order valence-electron chi connectivity index (χ1n) is 4.22. The Kier molecular flexibility index (Phi) is 1.61. The van der Waals surface area contributed by atoms with Gasteiger partial charge < -0.3 is 9.43 Å². The summed E-state index contributed by atoms with van der Waals surface area (Å²) < 4.78 is 5.44. The summed E-state index contributed by atoms with van der Waals surface area (Å²) in [5.74, 6) is 1.12. The van der Waals surface area contributed by atoms with E-state index in [1.54, 1.807) is 0 Å². The van der Waals surface area contributed by atoms with Crippen molar-refractivity contribution < 1.29 is 4.42 Å². The lowest BCUT2D eigenvalue weighted by Gasteiger charge is -2.34. The largest absolute Gasteiger partial charge is 0.467 e. The van der Waals surface area contributed by atoms with E-state index >= 15 is 0 Å². The van der Waals surface area contributed by atoms with Gasteiger partial charge in [-0.25, -0.2) is 5.01 Å². The fourth-order valence-electron chi connectivity index (χ4n) is 1.69. The molecule has 0 radical (unpaired) electrons. The van der Waals surface area contributed by atoms with Crippen molar-refractivity contribution in [1.29, 1.82) is 0 Å². The minimum atomic E-state index is 1.02. The Bertz CT molecular complexity index is 293. The standard InChI is InChI=1S/C9H14N2O/c1-7-6-12-8-4-5-10(2)11(3)9(7)8/h6H,4-5H2,1-3H3. The summed E-state index contributed by atoms with van der Waals surface area (Å²) in [7, 11) is 4.16. The predicted molar refractivity (Wildman–Crippen MR) is 48.2 cm³/mol. The molecule has 0 atom stereocenters. The number of furan rings is 1. The molecule has 1 aromatic heterocycles. The monoisotopic (exact) mass is 166 g/mol. The number of nitrogens with zero attached hydrogens (tertiary/aromatic N) is 2. The summed E-state index contributed by atoms with van der Waals surface area (Å²) in [5.41, 5.74) is 2.46. The lowest BCUT2D eigenvalue weighted by molar-refractivity contribution is 0.297. The number of hydrogen-bond donors (Lipinski definition) is 0. The summed E-state index contributed by atoms with van der Waals surface area (Å²) in [4.78, 5) is 0. The molecule has 12 heavy (non-hydrogen) atoms. The second kappa shape index (κ2) is 2.52. The Labute approximate surface area is 72.5 Å². The molecule has 1 aliphatic rings. The Morgan fingerprint density at radius 1 is 1.42 bits per heavy atom. The molecule has 0 N–H and O–H groups in total. The molecule has 1 aromatic rings. The number of hydrogen-bond acceptors (Lipinski definition) is 3. The van der Waals surface area contributed by atoms with Crippen molar-refractivity contribution in [3.63, 3.8) is 0 Å². The Morgan fingerprint density at radius 3 is 2.92 bits per heavy atom. The molecule has 0 unspecified atom stereocenters. The molecule has 0 aliphatic carbocycles. The maximum absolute atomic E-state index is 5.44. The first-order valence-corrected chi connectivity index (χ1v) is 4.22. The molecule has 0 fully saturated rings. The van der Waals surface area contributed by atoms with Gasteiger partial charge in [-0.05, 0) is 6.92 Å². The van der Waals surface area contributed by atoms with E-state index in [-0.39, 0.29) is 0 Å². The van der Waals surface area contributed by atoms with Crippen LogP contribution >= 0.6 is 0 Å². The Morgan fingerprint density at radius 2 is 2.17 bits per heavy atom. The number of anilines is 1. The van der Waals surface area contributed by atoms with Crippen molar-refractivity contribution in [1.82, 2.24) is 5.01 Å². The van der Waals surface area contributed by atoms with Gasteiger partial charge >= 0.3 is 0 Å². The number of fused-ring (bicyclic) bond motifs is 1. The summed E-state index contributed by atoms with van der Waals surface area (Å²) >= 11 is 0. The lowest BCUT2D eigenvalue weighted by Crippen LogP contribution is -2.41. The Hall–Kier alpha value is -0.960. The summed E-state index contributed by atoms with van der Waals surface area (Å²) in [5, 5.41) is 4.35. The second-order valence-corrected chi connectivity index (χ2v) is 3.35. The van der Waals surface area contributed by atoms with E-state index in [1.807, 2.05) is 6.26 Å². The van der Waals surface area contributed by atoms with E-state index in [9.17, 15) is 0 Å². The van der Waals surface area contributed by atoms with Crippen LogP contribution in [-0.2, 0) is 6.42 Å². The highest BCUT2D eigenvalue weighted by molar-refractivity contribution is 5.55. The topological polar surface area (TPSA) is 19.6 Å². The van der Waals surface area contributed by atoms with Crippen molar-refractivity contribution in [3.8, 4) is 0 Å². The fraction of sp³-hybridized carbons (Fsp3) is 0.556. The average Bonchev–Trinajstić information content (AvgIpc) is 2.41. The van der Waals surface area contributed by atoms with Crippen LogP contribution < -0.4 is 5.01 Å². The minimum Gasteiger partial charge on any atom is -0.467 e. The Balaban J connectivity index is 2.45. The number of hydrazine groups is 1. The van der Waals surface area contributed by atoms with Crippen LogP contribution in [0.2, 0.25) is 0 Å². The molecule has 3 nitrogen and oxygen atoms in total. The zero-order valence-electron chi connectivity index (χ0n) is 7.79. The molecule has 0 amide bonds. The maximum atomic E-state index is 5.44. The number of likely N-dealkylation sites (N-methyl/N-ethyl adjacent to an activating group) is 1. The molecular formula is C9H14N2O. The molecule has 0 saturated heterocycles. The smallest absolute Gasteiger partial charge is 0.130 e. The molecule has 3 heteroatoms. The summed E-state index contributed by atoms with van der Waals surface area (Å²) in [6.07, 6.45) is 2.85. The van der Waals surface area contributed by atoms with E-state index in [2.05, 4.69) is 31.0 Å². The fourth-order valence-corrected chi connectivity index (χ4v) is 1.69. The number of rotatable bonds is 0. The van der Waals surface area contributed by atoms with Gasteiger partial charge in [0.05, 0.1) is 12.0 Å². The highest BCUT2D eigenvalue weighted by Crippen LogP contribution is 2.30. The third-order valence-corrected chi connectivity index (χ3v) is 2.51. The van der Waals surface area contributed by atoms with Gasteiger partial charge in [-0.1, -0.05) is 0 Å². The highest BCUT2D eigenvalue weighted by Gasteiger charge is 2.22. The predicted octanol–water partition coefficient (Wildman–Crippen LogP) is 1.43. The van der Waals surface area contributed by atoms with E-state index in [0.717, 1.165) is 18.7 Å². The molecular weight excluding hydrogens is 152 g/mol. The molecule has 0 aromatic carbocycles. The van der Waals surface area contributed by atoms with Crippen LogP contribution in [0.5, 0.6) is 0 Å². The van der Waals surface area contributed by atoms with Crippen LogP contribution in [0.3, 0.4) is 0 Å². The second-order valence-electron chi connectivity index (χ2n) is 3.35. The van der Waals surface area contributed by atoms with Crippen LogP contribution in [0.15, 0.2) is 10.7 Å². The molecule has 2 heterocycles. The van der Waals surface area contributed by atoms with E-state index in [4.69, 9.17) is 4.42 Å². The van der Waals surface area contributed by atoms with Gasteiger partial charge in [0, 0.05) is 32.6 Å². The molecule has 66 valence electrons. The molecule has 1 aliphatic heterocycles. The van der Waals surface area contributed by atoms with Crippen molar-refractivity contribution in [3.05, 3.63) is 17.6 Å². The highest BCUT2D eigenvalue weighted by atomic mass is 16.3. The van der Waals surface area contributed by atoms with Crippen LogP contribution in [0.25, 0.3) is 0 Å².